The number of para-hydroxylation sites is 4. The molecule has 0 saturated carbocycles. The molecule has 20 heteroatoms. The van der Waals surface area contributed by atoms with Crippen molar-refractivity contribution in [2.45, 2.75) is 0 Å². The number of nitrogens with zero attached hydrogens (tertiary/aromatic N) is 1. The Morgan fingerprint density at radius 2 is 0.647 bits per heavy atom. The topological polar surface area (TPSA) is 57.5 Å². The van der Waals surface area contributed by atoms with Crippen LogP contribution in [0.15, 0.2) is 446 Å². The van der Waals surface area contributed by atoms with Crippen LogP contribution in [0.1, 0.15) is 0 Å². The van der Waals surface area contributed by atoms with Gasteiger partial charge < -0.3 is 22.2 Å². The molecular weight excluding hydrogens is 2380 g/mol. The Bertz CT molecular complexity index is 11300. The molecule has 10 aromatic heterocycles. The van der Waals surface area contributed by atoms with Crippen molar-refractivity contribution in [1.82, 2.24) is 4.57 Å². The molecule has 32 aromatic rings. The van der Waals surface area contributed by atoms with Crippen LogP contribution in [-0.4, -0.2) is 4.57 Å². The predicted octanol–water partition coefficient (Wildman–Crippen LogP) is 47.5. The zero-order valence-electron chi connectivity index (χ0n) is 78.1. The van der Waals surface area contributed by atoms with E-state index in [9.17, 15) is 0 Å². The fraction of sp³-hybridized carbons (Fsp3) is 0. The van der Waals surface area contributed by atoms with Gasteiger partial charge in [-0.2, -0.15) is 0 Å². The standard InChI is InChI=1S/C30H17BrClNO.C28H14BrClOS.2C24H12BrClOS.C24H12BrClS2/c31-18-12-15-28-26(16-18)24-11-5-10-23(30(24)34-28)21-8-4-9-22-25-17-19(32)13-14-27(25)33(29(21)22)20-6-2-1-3-7-20;29-16-11-12-24-22(14-16)25-17-6-2-1-5-15(17)13-21(26(25)31-24)20-8-3-7-18-19-9-4-10-23(30)28(19)32-27(18)20;25-13-10-11-14-15-4-1-5-16(23(15)27-20(14)12-13)17-6-2-7-18-22-19(26)8-3-9-21(22)28-24(17)18;25-14-8-10-20-18(12-14)16-9-7-13(11-21(16)27-20)15-3-1-4-17-23-19(26)5-2-6-22(23)28-24(15)17;25-14-5-8-18-17-7-4-13(10-22(17)28-23(18)11-14)16-2-1-3-21-24(16)19-12-15(26)6-9-20(19)27-21/h1-17H;1-14H;3*1-12H. The summed E-state index contributed by atoms with van der Waals surface area (Å²) in [5.41, 5.74) is 22.2. The molecule has 0 aliphatic heterocycles. The van der Waals surface area contributed by atoms with E-state index >= 15 is 0 Å². The highest BCUT2D eigenvalue weighted by Gasteiger charge is 2.27. The van der Waals surface area contributed by atoms with Crippen molar-refractivity contribution in [3.05, 3.63) is 454 Å². The van der Waals surface area contributed by atoms with E-state index in [0.717, 1.165) is 206 Å². The zero-order valence-corrected chi connectivity index (χ0v) is 93.9. The van der Waals surface area contributed by atoms with Gasteiger partial charge >= 0.3 is 0 Å². The number of thiophene rings is 5. The Labute approximate surface area is 942 Å². The minimum Gasteiger partial charge on any atom is -0.456 e. The second-order valence-electron chi connectivity index (χ2n) is 37.0. The Hall–Kier alpha value is -13.0. The van der Waals surface area contributed by atoms with E-state index in [-0.39, 0.29) is 0 Å². The van der Waals surface area contributed by atoms with Gasteiger partial charge in [-0.05, 0) is 227 Å². The number of furan rings is 4. The average Bonchev–Trinajstić information content (AvgIpc) is 1.57. The summed E-state index contributed by atoms with van der Waals surface area (Å²) in [6.45, 7) is 0. The van der Waals surface area contributed by atoms with Crippen LogP contribution in [-0.2, 0) is 0 Å². The first-order chi connectivity index (χ1) is 73.4. The van der Waals surface area contributed by atoms with Crippen molar-refractivity contribution < 1.29 is 17.7 Å². The van der Waals surface area contributed by atoms with Gasteiger partial charge in [0, 0.05) is 232 Å². The SMILES string of the molecule is Clc1ccc2c(c1)c1cccc(-c3cccc4c3oc3ccc(Br)cc34)c1n2-c1ccccc1.Clc1ccc2sc3cccc(-c4ccc5c(c4)sc4cc(Br)ccc45)c3c2c1.Clc1cccc2c1sc1c(-c3cc4ccccc4c4c3oc3ccc(Br)cc34)cccc12.Clc1cccc2sc3c(-c4ccc5c(c4)oc4ccc(Br)cc45)cccc3c12.Clc1cccc2sc3c(-c4cccc5c4oc4cc(Br)ccc45)cccc3c12. The molecule has 0 aliphatic rings. The van der Waals surface area contributed by atoms with Crippen molar-refractivity contribution in [2.24, 2.45) is 0 Å². The van der Waals surface area contributed by atoms with Crippen LogP contribution in [0.25, 0.3) is 283 Å². The van der Waals surface area contributed by atoms with E-state index in [1.807, 2.05) is 120 Å². The zero-order chi connectivity index (χ0) is 101. The minimum atomic E-state index is 0.731. The molecule has 0 atom stereocenters. The fourth-order valence-corrected chi connectivity index (χ4v) is 31.1. The van der Waals surface area contributed by atoms with Gasteiger partial charge in [0.2, 0.25) is 0 Å². The van der Waals surface area contributed by atoms with Crippen LogP contribution in [0.3, 0.4) is 0 Å². The van der Waals surface area contributed by atoms with Crippen LogP contribution in [0, 0.1) is 0 Å². The molecule has 0 radical (unpaired) electrons. The van der Waals surface area contributed by atoms with Gasteiger partial charge in [-0.1, -0.05) is 350 Å². The van der Waals surface area contributed by atoms with Gasteiger partial charge in [-0.3, -0.25) is 0 Å². The van der Waals surface area contributed by atoms with E-state index in [4.69, 9.17) is 75.7 Å². The average molecular weight is 2440 g/mol. The third-order valence-corrected chi connectivity index (χ3v) is 38.3. The van der Waals surface area contributed by atoms with E-state index in [1.165, 1.54) is 124 Å². The molecule has 22 aromatic carbocycles. The summed E-state index contributed by atoms with van der Waals surface area (Å²) in [6.07, 6.45) is 0. The maximum absolute atomic E-state index is 6.56. The summed E-state index contributed by atoms with van der Waals surface area (Å²) in [7, 11) is 0. The maximum atomic E-state index is 6.56. The molecule has 5 nitrogen and oxygen atoms in total. The van der Waals surface area contributed by atoms with Gasteiger partial charge in [0.05, 0.1) is 20.8 Å². The summed E-state index contributed by atoms with van der Waals surface area (Å²) < 4.78 is 45.4. The Morgan fingerprint density at radius 1 is 0.200 bits per heavy atom. The number of hydrogen-bond donors (Lipinski definition) is 0. The van der Waals surface area contributed by atoms with E-state index < -0.39 is 0 Å². The van der Waals surface area contributed by atoms with Crippen LogP contribution in [0.4, 0.5) is 0 Å². The second kappa shape index (κ2) is 38.1. The lowest BCUT2D eigenvalue weighted by Crippen LogP contribution is -1.95. The van der Waals surface area contributed by atoms with Gasteiger partial charge in [0.1, 0.15) is 44.7 Å². The van der Waals surface area contributed by atoms with Crippen LogP contribution < -0.4 is 0 Å². The first-order valence-electron chi connectivity index (χ1n) is 48.1. The highest BCUT2D eigenvalue weighted by molar-refractivity contribution is 9.11. The first kappa shape index (κ1) is 94.3. The lowest BCUT2D eigenvalue weighted by molar-refractivity contribution is 0.669. The quantitative estimate of drug-likeness (QED) is 0.166. The van der Waals surface area contributed by atoms with Gasteiger partial charge in [-0.15, -0.1) is 56.7 Å². The largest absolute Gasteiger partial charge is 0.456 e. The molecule has 32 rings (SSSR count). The molecule has 0 unspecified atom stereocenters. The molecule has 150 heavy (non-hydrogen) atoms. The first-order valence-corrected chi connectivity index (χ1v) is 58.1. The van der Waals surface area contributed by atoms with E-state index in [0.29, 0.717) is 0 Å². The number of hydrogen-bond acceptors (Lipinski definition) is 9. The minimum absolute atomic E-state index is 0.731. The predicted molar refractivity (Wildman–Crippen MR) is 668 cm³/mol. The Morgan fingerprint density at radius 3 is 1.36 bits per heavy atom. The summed E-state index contributed by atoms with van der Waals surface area (Å²) in [5, 5.41) is 29.9. The Balaban J connectivity index is 0.0000000902. The summed E-state index contributed by atoms with van der Waals surface area (Å²) in [6, 6.07) is 142. The molecule has 0 aliphatic carbocycles. The third kappa shape index (κ3) is 16.2. The van der Waals surface area contributed by atoms with E-state index in [2.05, 4.69) is 394 Å². The third-order valence-electron chi connectivity index (χ3n) is 28.3. The van der Waals surface area contributed by atoms with Gasteiger partial charge in [0.15, 0.2) is 0 Å². The van der Waals surface area contributed by atoms with Crippen molar-refractivity contribution in [2.75, 3.05) is 0 Å². The van der Waals surface area contributed by atoms with Gasteiger partial charge in [-0.25, -0.2) is 0 Å². The monoisotopic (exact) mass is 2430 g/mol. The molecule has 0 saturated heterocycles. The number of benzene rings is 22. The van der Waals surface area contributed by atoms with Crippen LogP contribution in [0.5, 0.6) is 0 Å². The van der Waals surface area contributed by atoms with Crippen molar-refractivity contribution >= 4 is 416 Å². The number of halogens is 10. The highest BCUT2D eigenvalue weighted by Crippen LogP contribution is 2.54. The fourth-order valence-electron chi connectivity index (χ4n) is 21.8. The summed E-state index contributed by atoms with van der Waals surface area (Å²) >= 11 is 59.3. The van der Waals surface area contributed by atoms with Crippen molar-refractivity contribution in [3.8, 4) is 61.3 Å². The Kier molecular flexibility index (Phi) is 24.0. The molecule has 716 valence electrons. The highest BCUT2D eigenvalue weighted by atomic mass is 79.9. The normalized spacial score (nSPS) is 11.9. The molecule has 10 heterocycles. The molecular formula is C130H67Br5Cl5NO4S5. The molecule has 0 amide bonds. The molecule has 0 bridgehead atoms. The molecule has 0 N–H and O–H groups in total. The lowest BCUT2D eigenvalue weighted by atomic mass is 9.95. The lowest BCUT2D eigenvalue weighted by Gasteiger charge is -2.12. The van der Waals surface area contributed by atoms with Crippen LogP contribution >= 0.6 is 194 Å². The second-order valence-corrected chi connectivity index (χ2v) is 49.0. The van der Waals surface area contributed by atoms with Gasteiger partial charge in [0.25, 0.3) is 0 Å². The van der Waals surface area contributed by atoms with Crippen molar-refractivity contribution in [3.63, 3.8) is 0 Å². The number of aromatic nitrogens is 1. The van der Waals surface area contributed by atoms with Crippen molar-refractivity contribution in [1.29, 1.82) is 0 Å². The summed E-state index contributed by atoms with van der Waals surface area (Å²) in [5.74, 6) is 0. The number of rotatable bonds is 6. The van der Waals surface area contributed by atoms with Crippen LogP contribution in [0.2, 0.25) is 25.1 Å². The maximum Gasteiger partial charge on any atom is 0.143 e. The van der Waals surface area contributed by atoms with E-state index in [1.54, 1.807) is 34.0 Å². The molecule has 0 spiro atoms. The molecule has 0 fully saturated rings. The summed E-state index contributed by atoms with van der Waals surface area (Å²) in [4.78, 5) is 0. The smallest absolute Gasteiger partial charge is 0.143 e. The number of fused-ring (bicyclic) bond motifs is 32.